The van der Waals surface area contributed by atoms with Gasteiger partial charge in [0.2, 0.25) is 0 Å². The van der Waals surface area contributed by atoms with Crippen molar-refractivity contribution in [3.63, 3.8) is 0 Å². The van der Waals surface area contributed by atoms with E-state index in [2.05, 4.69) is 50.4 Å². The van der Waals surface area contributed by atoms with Gasteiger partial charge < -0.3 is 9.52 Å². The minimum atomic E-state index is -0.867. The number of carbonyl (C=O) groups is 1. The van der Waals surface area contributed by atoms with Crippen molar-refractivity contribution in [1.29, 1.82) is 0 Å². The molecule has 4 heteroatoms. The molecule has 2 N–H and O–H groups in total. The molecule has 1 heterocycles. The van der Waals surface area contributed by atoms with E-state index < -0.39 is 12.0 Å². The number of aliphatic carboxylic acids is 1. The lowest BCUT2D eigenvalue weighted by atomic mass is 9.86. The fourth-order valence-corrected chi connectivity index (χ4v) is 3.08. The summed E-state index contributed by atoms with van der Waals surface area (Å²) in [7, 11) is 0. The van der Waals surface area contributed by atoms with E-state index >= 15 is 0 Å². The molecule has 0 amide bonds. The van der Waals surface area contributed by atoms with Crippen LogP contribution < -0.4 is 5.32 Å². The van der Waals surface area contributed by atoms with E-state index in [4.69, 9.17) is 4.42 Å². The van der Waals surface area contributed by atoms with Gasteiger partial charge in [0.15, 0.2) is 0 Å². The average molecular weight is 377 g/mol. The van der Waals surface area contributed by atoms with Gasteiger partial charge in [0, 0.05) is 5.56 Å². The van der Waals surface area contributed by atoms with E-state index in [0.29, 0.717) is 18.7 Å². The molecule has 2 aromatic carbocycles. The molecular formula is C24H27NO3. The number of benzene rings is 2. The van der Waals surface area contributed by atoms with Gasteiger partial charge in [-0.2, -0.15) is 0 Å². The summed E-state index contributed by atoms with van der Waals surface area (Å²) in [6, 6.07) is 21.1. The lowest BCUT2D eigenvalue weighted by Gasteiger charge is -2.18. The summed E-state index contributed by atoms with van der Waals surface area (Å²) in [5, 5.41) is 12.6. The monoisotopic (exact) mass is 377 g/mol. The third-order valence-electron chi connectivity index (χ3n) is 4.80. The molecule has 0 spiro atoms. The van der Waals surface area contributed by atoms with Gasteiger partial charge in [0.05, 0.1) is 6.54 Å². The molecule has 28 heavy (non-hydrogen) atoms. The number of hydrogen-bond donors (Lipinski definition) is 2. The van der Waals surface area contributed by atoms with Crippen LogP contribution in [0, 0.1) is 0 Å². The Kier molecular flexibility index (Phi) is 6.00. The average Bonchev–Trinajstić information content (AvgIpc) is 3.14. The van der Waals surface area contributed by atoms with Crippen molar-refractivity contribution in [2.45, 2.75) is 45.2 Å². The van der Waals surface area contributed by atoms with Gasteiger partial charge in [0.1, 0.15) is 17.6 Å². The second-order valence-corrected chi connectivity index (χ2v) is 8.05. The minimum Gasteiger partial charge on any atom is -0.480 e. The third kappa shape index (κ3) is 5.11. The van der Waals surface area contributed by atoms with E-state index in [-0.39, 0.29) is 5.41 Å². The van der Waals surface area contributed by atoms with Crippen LogP contribution in [0.25, 0.3) is 11.3 Å². The lowest BCUT2D eigenvalue weighted by molar-refractivity contribution is -0.139. The Labute approximate surface area is 166 Å². The fourth-order valence-electron chi connectivity index (χ4n) is 3.08. The van der Waals surface area contributed by atoms with Crippen LogP contribution >= 0.6 is 0 Å². The highest BCUT2D eigenvalue weighted by atomic mass is 16.4. The van der Waals surface area contributed by atoms with E-state index in [1.165, 1.54) is 5.56 Å². The highest BCUT2D eigenvalue weighted by Gasteiger charge is 2.18. The zero-order valence-electron chi connectivity index (χ0n) is 16.6. The molecule has 0 bridgehead atoms. The van der Waals surface area contributed by atoms with Gasteiger partial charge in [-0.15, -0.1) is 0 Å². The molecule has 3 aromatic rings. The maximum Gasteiger partial charge on any atom is 0.321 e. The van der Waals surface area contributed by atoms with Gasteiger partial charge >= 0.3 is 5.97 Å². The largest absolute Gasteiger partial charge is 0.480 e. The highest BCUT2D eigenvalue weighted by molar-refractivity contribution is 5.73. The minimum absolute atomic E-state index is 0.112. The van der Waals surface area contributed by atoms with Crippen LogP contribution in [0.1, 0.15) is 37.7 Å². The molecule has 4 nitrogen and oxygen atoms in total. The van der Waals surface area contributed by atoms with Crippen molar-refractivity contribution < 1.29 is 14.3 Å². The standard InChI is InChI=1S/C24H27NO3/c1-24(2,3)19-11-9-18(10-12-19)22-14-13-20(28-22)16-25-21(23(26)27)15-17-7-5-4-6-8-17/h4-14,21,25H,15-16H2,1-3H3,(H,26,27)/t21-/m1/s1. The maximum absolute atomic E-state index is 11.6. The van der Waals surface area contributed by atoms with Crippen LogP contribution in [-0.4, -0.2) is 17.1 Å². The lowest BCUT2D eigenvalue weighted by Crippen LogP contribution is -2.38. The number of hydrogen-bond acceptors (Lipinski definition) is 3. The Hall–Kier alpha value is -2.85. The molecule has 0 radical (unpaired) electrons. The molecule has 0 aliphatic heterocycles. The Bertz CT molecular complexity index is 905. The fraction of sp³-hybridized carbons (Fsp3) is 0.292. The maximum atomic E-state index is 11.6. The second kappa shape index (κ2) is 8.44. The Morgan fingerprint density at radius 1 is 1.00 bits per heavy atom. The molecule has 0 unspecified atom stereocenters. The quantitative estimate of drug-likeness (QED) is 0.606. The third-order valence-corrected chi connectivity index (χ3v) is 4.80. The van der Waals surface area contributed by atoms with Crippen LogP contribution in [0.5, 0.6) is 0 Å². The van der Waals surface area contributed by atoms with Crippen molar-refractivity contribution in [2.24, 2.45) is 0 Å². The van der Waals surface area contributed by atoms with E-state index in [0.717, 1.165) is 16.9 Å². The summed E-state index contributed by atoms with van der Waals surface area (Å²) < 4.78 is 5.92. The summed E-state index contributed by atoms with van der Waals surface area (Å²) in [6.45, 7) is 6.93. The van der Waals surface area contributed by atoms with Gasteiger partial charge in [0.25, 0.3) is 0 Å². The van der Waals surface area contributed by atoms with Crippen LogP contribution in [0.15, 0.2) is 71.1 Å². The van der Waals surface area contributed by atoms with E-state index in [1.807, 2.05) is 42.5 Å². The summed E-state index contributed by atoms with van der Waals surface area (Å²) >= 11 is 0. The smallest absolute Gasteiger partial charge is 0.321 e. The number of carboxylic acid groups (broad SMARTS) is 1. The summed E-state index contributed by atoms with van der Waals surface area (Å²) in [5.74, 6) is 0.634. The predicted octanol–water partition coefficient (Wildman–Crippen LogP) is 5.03. The van der Waals surface area contributed by atoms with Crippen molar-refractivity contribution in [3.8, 4) is 11.3 Å². The number of nitrogens with one attached hydrogen (secondary N) is 1. The van der Waals surface area contributed by atoms with Crippen LogP contribution in [0.3, 0.4) is 0 Å². The topological polar surface area (TPSA) is 62.5 Å². The van der Waals surface area contributed by atoms with E-state index in [9.17, 15) is 9.90 Å². The molecule has 0 saturated heterocycles. The molecule has 0 aliphatic carbocycles. The second-order valence-electron chi connectivity index (χ2n) is 8.05. The van der Waals surface area contributed by atoms with Gasteiger partial charge in [-0.05, 0) is 35.1 Å². The Morgan fingerprint density at radius 2 is 1.68 bits per heavy atom. The number of furan rings is 1. The highest BCUT2D eigenvalue weighted by Crippen LogP contribution is 2.27. The molecule has 0 fully saturated rings. The molecular weight excluding hydrogens is 350 g/mol. The predicted molar refractivity (Wildman–Crippen MR) is 111 cm³/mol. The first kappa shape index (κ1) is 19.9. The first-order chi connectivity index (χ1) is 13.3. The first-order valence-electron chi connectivity index (χ1n) is 9.52. The van der Waals surface area contributed by atoms with Crippen molar-refractivity contribution in [3.05, 3.63) is 83.6 Å². The van der Waals surface area contributed by atoms with Crippen LogP contribution in [-0.2, 0) is 23.2 Å². The normalized spacial score (nSPS) is 12.7. The molecule has 146 valence electrons. The Balaban J connectivity index is 1.64. The van der Waals surface area contributed by atoms with Crippen molar-refractivity contribution >= 4 is 5.97 Å². The van der Waals surface area contributed by atoms with Crippen LogP contribution in [0.2, 0.25) is 0 Å². The van der Waals surface area contributed by atoms with Gasteiger partial charge in [-0.3, -0.25) is 10.1 Å². The number of rotatable bonds is 7. The molecule has 1 aromatic heterocycles. The summed E-state index contributed by atoms with van der Waals surface area (Å²) in [5.41, 5.74) is 3.39. The zero-order valence-corrected chi connectivity index (χ0v) is 16.6. The molecule has 1 atom stereocenters. The zero-order chi connectivity index (χ0) is 20.1. The first-order valence-corrected chi connectivity index (χ1v) is 9.52. The molecule has 0 saturated carbocycles. The van der Waals surface area contributed by atoms with Crippen molar-refractivity contribution in [2.75, 3.05) is 0 Å². The summed E-state index contributed by atoms with van der Waals surface area (Å²) in [4.78, 5) is 11.6. The van der Waals surface area contributed by atoms with Gasteiger partial charge in [-0.25, -0.2) is 0 Å². The van der Waals surface area contributed by atoms with Gasteiger partial charge in [-0.1, -0.05) is 75.4 Å². The molecule has 3 rings (SSSR count). The van der Waals surface area contributed by atoms with E-state index in [1.54, 1.807) is 0 Å². The summed E-state index contributed by atoms with van der Waals surface area (Å²) in [6.07, 6.45) is 0.429. The Morgan fingerprint density at radius 3 is 2.29 bits per heavy atom. The number of carboxylic acids is 1. The molecule has 0 aliphatic rings. The van der Waals surface area contributed by atoms with Crippen molar-refractivity contribution in [1.82, 2.24) is 5.32 Å². The van der Waals surface area contributed by atoms with Crippen LogP contribution in [0.4, 0.5) is 0 Å². The SMILES string of the molecule is CC(C)(C)c1ccc(-c2ccc(CN[C@H](Cc3ccccc3)C(=O)O)o2)cc1.